The first-order chi connectivity index (χ1) is 15.1. The number of fused-ring (bicyclic) bond motifs is 1. The third kappa shape index (κ3) is 5.58. The van der Waals surface area contributed by atoms with Gasteiger partial charge in [0.05, 0.1) is 22.6 Å². The van der Waals surface area contributed by atoms with Crippen LogP contribution in [0, 0.1) is 0 Å². The van der Waals surface area contributed by atoms with Crippen molar-refractivity contribution in [1.29, 1.82) is 0 Å². The molecule has 1 heterocycles. The molecule has 0 fully saturated rings. The van der Waals surface area contributed by atoms with Gasteiger partial charge >= 0.3 is 0 Å². The molecule has 4 aromatic rings. The molecule has 0 saturated heterocycles. The van der Waals surface area contributed by atoms with Crippen molar-refractivity contribution >= 4 is 38.6 Å². The number of nitrogens with one attached hydrogen (secondary N) is 2. The van der Waals surface area contributed by atoms with Crippen LogP contribution in [0.15, 0.2) is 65.1 Å². The summed E-state index contributed by atoms with van der Waals surface area (Å²) in [5, 5.41) is 4.16. The first-order valence-electron chi connectivity index (χ1n) is 10.0. The van der Waals surface area contributed by atoms with Crippen LogP contribution in [-0.4, -0.2) is 23.6 Å². The number of hydrogen-bond donors (Lipinski definition) is 2. The number of aromatic amines is 1. The first kappa shape index (κ1) is 21.7. The van der Waals surface area contributed by atoms with Crippen molar-refractivity contribution in [3.8, 4) is 11.5 Å². The third-order valence-electron chi connectivity index (χ3n) is 4.87. The molecule has 0 aliphatic carbocycles. The SMILES string of the molecule is COc1cc(CNCCc2nc3ccccc3[nH]2)cc(Br)c1OCc1cccc(Cl)c1. The minimum atomic E-state index is 0.407. The number of halogens is 2. The Morgan fingerprint density at radius 1 is 1.06 bits per heavy atom. The maximum Gasteiger partial charge on any atom is 0.175 e. The summed E-state index contributed by atoms with van der Waals surface area (Å²) in [6.07, 6.45) is 0.827. The third-order valence-corrected chi connectivity index (χ3v) is 5.69. The van der Waals surface area contributed by atoms with E-state index in [0.717, 1.165) is 45.4 Å². The van der Waals surface area contributed by atoms with Crippen LogP contribution >= 0.6 is 27.5 Å². The van der Waals surface area contributed by atoms with Crippen LogP contribution in [-0.2, 0) is 19.6 Å². The normalized spacial score (nSPS) is 11.1. The average Bonchev–Trinajstić information content (AvgIpc) is 3.18. The molecule has 0 aliphatic heterocycles. The van der Waals surface area contributed by atoms with Gasteiger partial charge in [-0.25, -0.2) is 4.98 Å². The zero-order chi connectivity index (χ0) is 21.6. The molecule has 2 N–H and O–H groups in total. The number of rotatable bonds is 9. The van der Waals surface area contributed by atoms with Gasteiger partial charge in [-0.05, 0) is 63.5 Å². The van der Waals surface area contributed by atoms with Crippen LogP contribution < -0.4 is 14.8 Å². The highest BCUT2D eigenvalue weighted by atomic mass is 79.9. The molecular formula is C24H23BrClN3O2. The van der Waals surface area contributed by atoms with Crippen LogP contribution in [0.3, 0.4) is 0 Å². The second kappa shape index (κ2) is 10.2. The summed E-state index contributed by atoms with van der Waals surface area (Å²) in [4.78, 5) is 7.97. The molecule has 3 aromatic carbocycles. The monoisotopic (exact) mass is 499 g/mol. The summed E-state index contributed by atoms with van der Waals surface area (Å²) in [6.45, 7) is 1.93. The molecule has 31 heavy (non-hydrogen) atoms. The number of methoxy groups -OCH3 is 1. The second-order valence-electron chi connectivity index (χ2n) is 7.16. The van der Waals surface area contributed by atoms with Gasteiger partial charge < -0.3 is 19.8 Å². The van der Waals surface area contributed by atoms with Crippen LogP contribution in [0.5, 0.6) is 11.5 Å². The molecule has 0 saturated carbocycles. The van der Waals surface area contributed by atoms with E-state index in [1.807, 2.05) is 60.7 Å². The number of H-pyrrole nitrogens is 1. The Morgan fingerprint density at radius 2 is 1.94 bits per heavy atom. The molecule has 0 bridgehead atoms. The van der Waals surface area contributed by atoms with E-state index in [0.29, 0.717) is 29.7 Å². The summed E-state index contributed by atoms with van der Waals surface area (Å²) in [7, 11) is 1.65. The lowest BCUT2D eigenvalue weighted by Gasteiger charge is -2.15. The predicted molar refractivity (Wildman–Crippen MR) is 128 cm³/mol. The predicted octanol–water partition coefficient (Wildman–Crippen LogP) is 5.90. The van der Waals surface area contributed by atoms with Crippen molar-refractivity contribution in [1.82, 2.24) is 15.3 Å². The lowest BCUT2D eigenvalue weighted by atomic mass is 10.2. The van der Waals surface area contributed by atoms with E-state index in [4.69, 9.17) is 21.1 Å². The summed E-state index contributed by atoms with van der Waals surface area (Å²) < 4.78 is 12.4. The largest absolute Gasteiger partial charge is 0.493 e. The molecule has 1 aromatic heterocycles. The van der Waals surface area contributed by atoms with E-state index in [1.54, 1.807) is 7.11 Å². The van der Waals surface area contributed by atoms with Crippen LogP contribution in [0.1, 0.15) is 17.0 Å². The van der Waals surface area contributed by atoms with E-state index < -0.39 is 0 Å². The van der Waals surface area contributed by atoms with Crippen molar-refractivity contribution in [2.45, 2.75) is 19.6 Å². The van der Waals surface area contributed by atoms with Crippen molar-refractivity contribution in [3.63, 3.8) is 0 Å². The Balaban J connectivity index is 1.34. The van der Waals surface area contributed by atoms with Gasteiger partial charge in [0.25, 0.3) is 0 Å². The number of imidazole rings is 1. The zero-order valence-corrected chi connectivity index (χ0v) is 19.5. The van der Waals surface area contributed by atoms with Crippen molar-refractivity contribution in [2.24, 2.45) is 0 Å². The Bertz CT molecular complexity index is 1150. The maximum atomic E-state index is 6.05. The Hall–Kier alpha value is -2.54. The Labute approximate surface area is 194 Å². The topological polar surface area (TPSA) is 59.2 Å². The van der Waals surface area contributed by atoms with Crippen LogP contribution in [0.2, 0.25) is 5.02 Å². The average molecular weight is 501 g/mol. The summed E-state index contributed by atoms with van der Waals surface area (Å²) in [6, 6.07) is 19.7. The fourth-order valence-corrected chi connectivity index (χ4v) is 4.18. The molecule has 0 spiro atoms. The number of para-hydroxylation sites is 2. The van der Waals surface area contributed by atoms with Crippen molar-refractivity contribution in [3.05, 3.63) is 87.1 Å². The number of aromatic nitrogens is 2. The van der Waals surface area contributed by atoms with E-state index in [1.165, 1.54) is 0 Å². The van der Waals surface area contributed by atoms with Gasteiger partial charge in [0.15, 0.2) is 11.5 Å². The number of ether oxygens (including phenoxy) is 2. The van der Waals surface area contributed by atoms with Gasteiger partial charge in [-0.3, -0.25) is 0 Å². The number of benzene rings is 3. The molecular weight excluding hydrogens is 478 g/mol. The fraction of sp³-hybridized carbons (Fsp3) is 0.208. The van der Waals surface area contributed by atoms with Gasteiger partial charge in [0, 0.05) is 24.5 Å². The van der Waals surface area contributed by atoms with Crippen LogP contribution in [0.25, 0.3) is 11.0 Å². The van der Waals surface area contributed by atoms with Crippen molar-refractivity contribution < 1.29 is 9.47 Å². The van der Waals surface area contributed by atoms with Gasteiger partial charge in [-0.1, -0.05) is 35.9 Å². The molecule has 0 unspecified atom stereocenters. The zero-order valence-electron chi connectivity index (χ0n) is 17.1. The summed E-state index contributed by atoms with van der Waals surface area (Å²) in [5.74, 6) is 2.34. The minimum absolute atomic E-state index is 0.407. The van der Waals surface area contributed by atoms with E-state index in [9.17, 15) is 0 Å². The molecule has 0 aliphatic rings. The molecule has 5 nitrogen and oxygen atoms in total. The molecule has 0 radical (unpaired) electrons. The standard InChI is InChI=1S/C24H23BrClN3O2/c1-30-22-13-17(12-19(25)24(22)31-15-16-5-4-6-18(26)11-16)14-27-10-9-23-28-20-7-2-3-8-21(20)29-23/h2-8,11-13,27H,9-10,14-15H2,1H3,(H,28,29). The van der Waals surface area contributed by atoms with Gasteiger partial charge in [0.2, 0.25) is 0 Å². The lowest BCUT2D eigenvalue weighted by Crippen LogP contribution is -2.17. The van der Waals surface area contributed by atoms with Gasteiger partial charge in [-0.15, -0.1) is 0 Å². The fourth-order valence-electron chi connectivity index (χ4n) is 3.36. The molecule has 160 valence electrons. The minimum Gasteiger partial charge on any atom is -0.493 e. The highest BCUT2D eigenvalue weighted by Gasteiger charge is 2.12. The molecule has 0 atom stereocenters. The first-order valence-corrected chi connectivity index (χ1v) is 11.2. The molecule has 4 rings (SSSR count). The smallest absolute Gasteiger partial charge is 0.175 e. The molecule has 0 amide bonds. The van der Waals surface area contributed by atoms with E-state index in [2.05, 4.69) is 31.2 Å². The van der Waals surface area contributed by atoms with E-state index >= 15 is 0 Å². The Kier molecular flexibility index (Phi) is 7.12. The van der Waals surface area contributed by atoms with Gasteiger partial charge in [-0.2, -0.15) is 0 Å². The highest BCUT2D eigenvalue weighted by Crippen LogP contribution is 2.37. The highest BCUT2D eigenvalue weighted by molar-refractivity contribution is 9.10. The van der Waals surface area contributed by atoms with Crippen molar-refractivity contribution in [2.75, 3.05) is 13.7 Å². The number of hydrogen-bond acceptors (Lipinski definition) is 4. The Morgan fingerprint density at radius 3 is 2.74 bits per heavy atom. The summed E-state index contributed by atoms with van der Waals surface area (Å²) >= 11 is 9.67. The number of nitrogens with zero attached hydrogens (tertiary/aromatic N) is 1. The second-order valence-corrected chi connectivity index (χ2v) is 8.45. The maximum absolute atomic E-state index is 6.05. The molecule has 7 heteroatoms. The van der Waals surface area contributed by atoms with E-state index in [-0.39, 0.29) is 0 Å². The van der Waals surface area contributed by atoms with Gasteiger partial charge in [0.1, 0.15) is 12.4 Å². The lowest BCUT2D eigenvalue weighted by molar-refractivity contribution is 0.282. The quantitative estimate of drug-likeness (QED) is 0.281. The van der Waals surface area contributed by atoms with Crippen LogP contribution in [0.4, 0.5) is 0 Å². The summed E-state index contributed by atoms with van der Waals surface area (Å²) in [5.41, 5.74) is 4.17.